The summed E-state index contributed by atoms with van der Waals surface area (Å²) in [6, 6.07) is 0.879. The van der Waals surface area contributed by atoms with Crippen LogP contribution in [0.25, 0.3) is 0 Å². The number of nitrogens with two attached hydrogens (primary N) is 1. The molecule has 0 amide bonds. The molecule has 0 saturated carbocycles. The Balaban J connectivity index is 2.15. The first-order valence-electron chi connectivity index (χ1n) is 5.03. The number of aryl methyl sites for hydroxylation is 1. The Bertz CT molecular complexity index is 277. The van der Waals surface area contributed by atoms with Crippen molar-refractivity contribution in [2.24, 2.45) is 5.73 Å². The molecule has 0 aromatic carbocycles. The molecule has 1 aromatic heterocycles. The summed E-state index contributed by atoms with van der Waals surface area (Å²) in [6.07, 6.45) is 8.71. The average molecular weight is 179 g/mol. The Labute approximate surface area is 79.0 Å². The van der Waals surface area contributed by atoms with Crippen LogP contribution in [0.4, 0.5) is 0 Å². The van der Waals surface area contributed by atoms with E-state index in [9.17, 15) is 0 Å². The van der Waals surface area contributed by atoms with Crippen LogP contribution in [0.15, 0.2) is 12.5 Å². The molecule has 0 fully saturated rings. The largest absolute Gasteiger partial charge is 0.331 e. The highest BCUT2D eigenvalue weighted by atomic mass is 15.1. The van der Waals surface area contributed by atoms with E-state index in [1.54, 1.807) is 0 Å². The van der Waals surface area contributed by atoms with E-state index in [2.05, 4.69) is 16.5 Å². The number of nitrogens with zero attached hydrogens (tertiary/aromatic N) is 2. The van der Waals surface area contributed by atoms with Gasteiger partial charge in [0.2, 0.25) is 0 Å². The molecule has 1 aliphatic heterocycles. The van der Waals surface area contributed by atoms with Gasteiger partial charge in [-0.1, -0.05) is 0 Å². The monoisotopic (exact) mass is 179 g/mol. The van der Waals surface area contributed by atoms with Crippen molar-refractivity contribution >= 4 is 0 Å². The van der Waals surface area contributed by atoms with Crippen molar-refractivity contribution in [1.82, 2.24) is 9.55 Å². The Hall–Kier alpha value is -0.830. The van der Waals surface area contributed by atoms with Crippen LogP contribution in [0.5, 0.6) is 0 Å². The molecule has 0 saturated heterocycles. The highest BCUT2D eigenvalue weighted by molar-refractivity contribution is 5.03. The van der Waals surface area contributed by atoms with Gasteiger partial charge in [-0.15, -0.1) is 0 Å². The second-order valence-corrected chi connectivity index (χ2v) is 4.05. The fourth-order valence-corrected chi connectivity index (χ4v) is 2.17. The molecule has 3 heteroatoms. The average Bonchev–Trinajstić information content (AvgIpc) is 2.51. The van der Waals surface area contributed by atoms with Crippen molar-refractivity contribution < 1.29 is 0 Å². The lowest BCUT2D eigenvalue weighted by Gasteiger charge is -2.26. The standard InChI is InChI=1S/C10H17N3/c1-8(11)5-9-3-2-4-10-6-12-7-13(9)10/h6-9H,2-5,11H2,1H3. The Morgan fingerprint density at radius 2 is 2.62 bits per heavy atom. The maximum absolute atomic E-state index is 5.82. The normalized spacial score (nSPS) is 24.0. The van der Waals surface area contributed by atoms with Gasteiger partial charge in [0.1, 0.15) is 0 Å². The van der Waals surface area contributed by atoms with Gasteiger partial charge in [-0.3, -0.25) is 0 Å². The molecule has 13 heavy (non-hydrogen) atoms. The van der Waals surface area contributed by atoms with Gasteiger partial charge in [0.05, 0.1) is 6.33 Å². The zero-order chi connectivity index (χ0) is 9.26. The van der Waals surface area contributed by atoms with Crippen LogP contribution in [0.3, 0.4) is 0 Å². The SMILES string of the molecule is CC(N)CC1CCCc2cncn21. The molecule has 2 atom stereocenters. The molecule has 3 nitrogen and oxygen atoms in total. The van der Waals surface area contributed by atoms with Gasteiger partial charge >= 0.3 is 0 Å². The molecule has 2 unspecified atom stereocenters. The van der Waals surface area contributed by atoms with Crippen molar-refractivity contribution in [3.63, 3.8) is 0 Å². The number of rotatable bonds is 2. The summed E-state index contributed by atoms with van der Waals surface area (Å²) < 4.78 is 2.30. The van der Waals surface area contributed by atoms with Crippen LogP contribution in [0.2, 0.25) is 0 Å². The van der Waals surface area contributed by atoms with E-state index in [1.807, 2.05) is 12.5 Å². The first kappa shape index (κ1) is 8.75. The van der Waals surface area contributed by atoms with Crippen molar-refractivity contribution in [3.8, 4) is 0 Å². The van der Waals surface area contributed by atoms with Gasteiger partial charge in [0.25, 0.3) is 0 Å². The van der Waals surface area contributed by atoms with Gasteiger partial charge in [-0.2, -0.15) is 0 Å². The number of hydrogen-bond donors (Lipinski definition) is 1. The van der Waals surface area contributed by atoms with E-state index in [0.717, 1.165) is 6.42 Å². The van der Waals surface area contributed by atoms with E-state index in [-0.39, 0.29) is 0 Å². The molecular weight excluding hydrogens is 162 g/mol. The third-order valence-electron chi connectivity index (χ3n) is 2.75. The van der Waals surface area contributed by atoms with E-state index < -0.39 is 0 Å². The van der Waals surface area contributed by atoms with Crippen LogP contribution in [0.1, 0.15) is 37.9 Å². The predicted octanol–water partition coefficient (Wildman–Crippen LogP) is 1.50. The van der Waals surface area contributed by atoms with Crippen LogP contribution in [-0.2, 0) is 6.42 Å². The minimum atomic E-state index is 0.290. The molecule has 0 bridgehead atoms. The van der Waals surface area contributed by atoms with Crippen molar-refractivity contribution in [1.29, 1.82) is 0 Å². The first-order chi connectivity index (χ1) is 6.27. The lowest BCUT2D eigenvalue weighted by Crippen LogP contribution is -2.24. The Morgan fingerprint density at radius 1 is 1.77 bits per heavy atom. The van der Waals surface area contributed by atoms with E-state index in [4.69, 9.17) is 5.73 Å². The minimum Gasteiger partial charge on any atom is -0.331 e. The molecule has 2 N–H and O–H groups in total. The summed E-state index contributed by atoms with van der Waals surface area (Å²) in [4.78, 5) is 4.18. The number of hydrogen-bond acceptors (Lipinski definition) is 2. The van der Waals surface area contributed by atoms with E-state index in [0.29, 0.717) is 12.1 Å². The van der Waals surface area contributed by atoms with Crippen LogP contribution < -0.4 is 5.73 Å². The topological polar surface area (TPSA) is 43.8 Å². The number of imidazole rings is 1. The Morgan fingerprint density at radius 3 is 3.38 bits per heavy atom. The highest BCUT2D eigenvalue weighted by Crippen LogP contribution is 2.27. The molecule has 1 aliphatic rings. The number of aromatic nitrogens is 2. The maximum atomic E-state index is 5.82. The third-order valence-corrected chi connectivity index (χ3v) is 2.75. The van der Waals surface area contributed by atoms with E-state index in [1.165, 1.54) is 25.0 Å². The molecule has 2 rings (SSSR count). The van der Waals surface area contributed by atoms with Gasteiger partial charge in [0, 0.05) is 24.0 Å². The number of fused-ring (bicyclic) bond motifs is 1. The summed E-state index contributed by atoms with van der Waals surface area (Å²) >= 11 is 0. The molecule has 2 heterocycles. The molecular formula is C10H17N3. The maximum Gasteiger partial charge on any atom is 0.0950 e. The molecule has 0 aliphatic carbocycles. The lowest BCUT2D eigenvalue weighted by molar-refractivity contribution is 0.359. The smallest absolute Gasteiger partial charge is 0.0950 e. The zero-order valence-corrected chi connectivity index (χ0v) is 8.11. The highest BCUT2D eigenvalue weighted by Gasteiger charge is 2.19. The molecule has 1 aromatic rings. The van der Waals surface area contributed by atoms with Crippen molar-refractivity contribution in [2.75, 3.05) is 0 Å². The summed E-state index contributed by atoms with van der Waals surface area (Å²) in [5.41, 5.74) is 7.19. The predicted molar refractivity (Wildman–Crippen MR) is 52.5 cm³/mol. The van der Waals surface area contributed by atoms with E-state index >= 15 is 0 Å². The zero-order valence-electron chi connectivity index (χ0n) is 8.11. The first-order valence-corrected chi connectivity index (χ1v) is 5.03. The second kappa shape index (κ2) is 3.50. The lowest BCUT2D eigenvalue weighted by atomic mass is 9.98. The van der Waals surface area contributed by atoms with Crippen LogP contribution in [-0.4, -0.2) is 15.6 Å². The summed E-state index contributed by atoms with van der Waals surface area (Å²) in [7, 11) is 0. The summed E-state index contributed by atoms with van der Waals surface area (Å²) in [5.74, 6) is 0. The van der Waals surface area contributed by atoms with Crippen LogP contribution in [0, 0.1) is 0 Å². The van der Waals surface area contributed by atoms with Crippen LogP contribution >= 0.6 is 0 Å². The second-order valence-electron chi connectivity index (χ2n) is 4.05. The molecule has 0 spiro atoms. The quantitative estimate of drug-likeness (QED) is 0.747. The molecule has 72 valence electrons. The third kappa shape index (κ3) is 1.75. The fraction of sp³-hybridized carbons (Fsp3) is 0.700. The van der Waals surface area contributed by atoms with Gasteiger partial charge in [-0.25, -0.2) is 4.98 Å². The van der Waals surface area contributed by atoms with Crippen molar-refractivity contribution in [2.45, 2.75) is 44.7 Å². The Kier molecular flexibility index (Phi) is 2.36. The minimum absolute atomic E-state index is 0.290. The molecule has 0 radical (unpaired) electrons. The summed E-state index contributed by atoms with van der Waals surface area (Å²) in [5, 5.41) is 0. The summed E-state index contributed by atoms with van der Waals surface area (Å²) in [6.45, 7) is 2.07. The van der Waals surface area contributed by atoms with Gasteiger partial charge in [-0.05, 0) is 32.6 Å². The fourth-order valence-electron chi connectivity index (χ4n) is 2.17. The van der Waals surface area contributed by atoms with Gasteiger partial charge < -0.3 is 10.3 Å². The van der Waals surface area contributed by atoms with Gasteiger partial charge in [0.15, 0.2) is 0 Å². The van der Waals surface area contributed by atoms with Crippen molar-refractivity contribution in [3.05, 3.63) is 18.2 Å².